The molecule has 1 nitrogen and oxygen atoms in total. The van der Waals surface area contributed by atoms with Crippen LogP contribution in [0.3, 0.4) is 0 Å². The Labute approximate surface area is 122 Å². The molecule has 1 aromatic rings. The Morgan fingerprint density at radius 3 is 2.24 bits per heavy atom. The number of benzene rings is 1. The summed E-state index contributed by atoms with van der Waals surface area (Å²) < 4.78 is 2.30. The second-order valence-electron chi connectivity index (χ2n) is 4.28. The van der Waals surface area contributed by atoms with Gasteiger partial charge in [0.25, 0.3) is 0 Å². The summed E-state index contributed by atoms with van der Waals surface area (Å²) in [5, 5.41) is 3.62. The molecule has 3 heteroatoms. The summed E-state index contributed by atoms with van der Waals surface area (Å²) in [6, 6.07) is 6.90. The van der Waals surface area contributed by atoms with E-state index >= 15 is 0 Å². The fourth-order valence-electron chi connectivity index (χ4n) is 2.26. The zero-order valence-electron chi connectivity index (χ0n) is 10.8. The third-order valence-electron chi connectivity index (χ3n) is 3.24. The van der Waals surface area contributed by atoms with E-state index < -0.39 is 0 Å². The molecular weight excluding hydrogens is 342 g/mol. The summed E-state index contributed by atoms with van der Waals surface area (Å²) in [7, 11) is 0. The van der Waals surface area contributed by atoms with Gasteiger partial charge in [-0.15, -0.1) is 0 Å². The Morgan fingerprint density at radius 2 is 1.76 bits per heavy atom. The van der Waals surface area contributed by atoms with Gasteiger partial charge in [-0.2, -0.15) is 0 Å². The molecule has 0 fully saturated rings. The van der Waals surface area contributed by atoms with Gasteiger partial charge in [-0.3, -0.25) is 0 Å². The zero-order chi connectivity index (χ0) is 12.8. The molecule has 0 aliphatic rings. The largest absolute Gasteiger partial charge is 0.310 e. The molecule has 1 unspecified atom stereocenters. The molecule has 0 amide bonds. The number of halogens is 2. The maximum Gasteiger partial charge on any atom is 0.0359 e. The van der Waals surface area contributed by atoms with Crippen LogP contribution < -0.4 is 5.32 Å². The third-order valence-corrected chi connectivity index (χ3v) is 4.42. The van der Waals surface area contributed by atoms with Crippen LogP contribution in [0.25, 0.3) is 0 Å². The van der Waals surface area contributed by atoms with Crippen molar-refractivity contribution in [1.29, 1.82) is 0 Å². The zero-order valence-corrected chi connectivity index (χ0v) is 13.9. The van der Waals surface area contributed by atoms with E-state index in [9.17, 15) is 0 Å². The lowest BCUT2D eigenvalue weighted by Crippen LogP contribution is -2.28. The number of nitrogens with one attached hydrogen (secondary N) is 1. The van der Waals surface area contributed by atoms with E-state index in [0.717, 1.165) is 11.0 Å². The van der Waals surface area contributed by atoms with Gasteiger partial charge >= 0.3 is 0 Å². The van der Waals surface area contributed by atoms with Crippen LogP contribution in [-0.4, -0.2) is 6.54 Å². The summed E-state index contributed by atoms with van der Waals surface area (Å²) in [6.07, 6.45) is 2.41. The highest BCUT2D eigenvalue weighted by Gasteiger charge is 2.21. The van der Waals surface area contributed by atoms with E-state index in [1.54, 1.807) is 0 Å². The van der Waals surface area contributed by atoms with Crippen LogP contribution in [0.5, 0.6) is 0 Å². The second-order valence-corrected chi connectivity index (χ2v) is 6.05. The van der Waals surface area contributed by atoms with Gasteiger partial charge < -0.3 is 5.32 Å². The number of hydrogen-bond acceptors (Lipinski definition) is 1. The van der Waals surface area contributed by atoms with E-state index in [2.05, 4.69) is 76.1 Å². The van der Waals surface area contributed by atoms with Gasteiger partial charge in [-0.25, -0.2) is 0 Å². The molecule has 1 N–H and O–H groups in total. The van der Waals surface area contributed by atoms with Gasteiger partial charge in [0.1, 0.15) is 0 Å². The molecule has 0 heterocycles. The molecule has 0 aliphatic heterocycles. The molecule has 17 heavy (non-hydrogen) atoms. The summed E-state index contributed by atoms with van der Waals surface area (Å²) in [4.78, 5) is 0. The Hall–Kier alpha value is 0.140. The number of rotatable bonds is 6. The summed E-state index contributed by atoms with van der Waals surface area (Å²) >= 11 is 7.18. The Balaban J connectivity index is 3.03. The first-order valence-corrected chi connectivity index (χ1v) is 7.90. The molecule has 1 aromatic carbocycles. The van der Waals surface area contributed by atoms with E-state index in [1.807, 2.05) is 0 Å². The third kappa shape index (κ3) is 4.08. The van der Waals surface area contributed by atoms with Crippen LogP contribution >= 0.6 is 31.9 Å². The molecule has 1 atom stereocenters. The molecule has 0 aliphatic carbocycles. The van der Waals surface area contributed by atoms with Crippen LogP contribution in [0.15, 0.2) is 27.1 Å². The van der Waals surface area contributed by atoms with Crippen molar-refractivity contribution >= 4 is 31.9 Å². The van der Waals surface area contributed by atoms with Gasteiger partial charge in [-0.05, 0) is 30.2 Å². The predicted molar refractivity (Wildman–Crippen MR) is 82.3 cm³/mol. The van der Waals surface area contributed by atoms with E-state index in [1.165, 1.54) is 22.9 Å². The predicted octanol–water partition coefficient (Wildman–Crippen LogP) is 5.30. The minimum atomic E-state index is 0.442. The van der Waals surface area contributed by atoms with Gasteiger partial charge in [0.2, 0.25) is 0 Å². The first-order chi connectivity index (χ1) is 8.13. The topological polar surface area (TPSA) is 12.0 Å². The van der Waals surface area contributed by atoms with Crippen molar-refractivity contribution in [2.24, 2.45) is 5.92 Å². The lowest BCUT2D eigenvalue weighted by Gasteiger charge is -2.27. The van der Waals surface area contributed by atoms with Gasteiger partial charge in [0, 0.05) is 15.0 Å². The standard InChI is InChI=1S/C14H21Br2N/c1-4-10(5-2)14(17-6-3)12-8-7-11(15)9-13(12)16/h7-10,14,17H,4-6H2,1-3H3. The first kappa shape index (κ1) is 15.2. The van der Waals surface area contributed by atoms with Crippen LogP contribution in [0.4, 0.5) is 0 Å². The molecule has 1 rings (SSSR count). The SMILES string of the molecule is CCNC(c1ccc(Br)cc1Br)C(CC)CC. The summed E-state index contributed by atoms with van der Waals surface area (Å²) in [6.45, 7) is 7.71. The van der Waals surface area contributed by atoms with E-state index in [0.29, 0.717) is 12.0 Å². The smallest absolute Gasteiger partial charge is 0.0359 e. The average molecular weight is 363 g/mol. The maximum atomic E-state index is 3.67. The molecular formula is C14H21Br2N. The highest BCUT2D eigenvalue weighted by molar-refractivity contribution is 9.11. The van der Waals surface area contributed by atoms with Crippen LogP contribution in [0.2, 0.25) is 0 Å². The van der Waals surface area contributed by atoms with Gasteiger partial charge in [-0.1, -0.05) is 71.5 Å². The maximum absolute atomic E-state index is 3.67. The van der Waals surface area contributed by atoms with Crippen molar-refractivity contribution in [1.82, 2.24) is 5.32 Å². The van der Waals surface area contributed by atoms with Gasteiger partial charge in [0.15, 0.2) is 0 Å². The van der Waals surface area contributed by atoms with Gasteiger partial charge in [0.05, 0.1) is 0 Å². The molecule has 0 radical (unpaired) electrons. The number of hydrogen-bond donors (Lipinski definition) is 1. The minimum Gasteiger partial charge on any atom is -0.310 e. The fraction of sp³-hybridized carbons (Fsp3) is 0.571. The minimum absolute atomic E-state index is 0.442. The Morgan fingerprint density at radius 1 is 1.12 bits per heavy atom. The second kappa shape index (κ2) is 7.55. The Kier molecular flexibility index (Phi) is 6.75. The van der Waals surface area contributed by atoms with Crippen molar-refractivity contribution in [2.45, 2.75) is 39.7 Å². The Bertz CT molecular complexity index is 348. The van der Waals surface area contributed by atoms with Crippen LogP contribution in [-0.2, 0) is 0 Å². The van der Waals surface area contributed by atoms with Crippen LogP contribution in [0.1, 0.15) is 45.2 Å². The highest BCUT2D eigenvalue weighted by atomic mass is 79.9. The molecule has 0 spiro atoms. The fourth-order valence-corrected chi connectivity index (χ4v) is 3.56. The van der Waals surface area contributed by atoms with Crippen molar-refractivity contribution < 1.29 is 0 Å². The van der Waals surface area contributed by atoms with E-state index in [-0.39, 0.29) is 0 Å². The molecule has 0 aromatic heterocycles. The normalized spacial score (nSPS) is 13.1. The van der Waals surface area contributed by atoms with Crippen molar-refractivity contribution in [3.8, 4) is 0 Å². The highest BCUT2D eigenvalue weighted by Crippen LogP contribution is 2.33. The molecule has 96 valence electrons. The first-order valence-electron chi connectivity index (χ1n) is 6.32. The monoisotopic (exact) mass is 361 g/mol. The lowest BCUT2D eigenvalue weighted by molar-refractivity contribution is 0.345. The van der Waals surface area contributed by atoms with Crippen molar-refractivity contribution in [3.63, 3.8) is 0 Å². The van der Waals surface area contributed by atoms with Crippen molar-refractivity contribution in [2.75, 3.05) is 6.54 Å². The van der Waals surface area contributed by atoms with E-state index in [4.69, 9.17) is 0 Å². The molecule has 0 saturated carbocycles. The average Bonchev–Trinajstić information content (AvgIpc) is 2.30. The molecule has 0 saturated heterocycles. The quantitative estimate of drug-likeness (QED) is 0.724. The van der Waals surface area contributed by atoms with Crippen molar-refractivity contribution in [3.05, 3.63) is 32.7 Å². The molecule has 0 bridgehead atoms. The lowest BCUT2D eigenvalue weighted by atomic mass is 9.89. The summed E-state index contributed by atoms with van der Waals surface area (Å²) in [5.74, 6) is 0.687. The van der Waals surface area contributed by atoms with Crippen LogP contribution in [0, 0.1) is 5.92 Å². The summed E-state index contributed by atoms with van der Waals surface area (Å²) in [5.41, 5.74) is 1.36.